The third kappa shape index (κ3) is 3.30. The van der Waals surface area contributed by atoms with Crippen LogP contribution in [-0.4, -0.2) is 35.3 Å². The van der Waals surface area contributed by atoms with E-state index >= 15 is 0 Å². The molecule has 0 saturated heterocycles. The van der Waals surface area contributed by atoms with Gasteiger partial charge in [-0.3, -0.25) is 19.3 Å². The van der Waals surface area contributed by atoms with Gasteiger partial charge in [0.25, 0.3) is 5.91 Å². The lowest BCUT2D eigenvalue weighted by Crippen LogP contribution is -2.43. The van der Waals surface area contributed by atoms with Crippen molar-refractivity contribution in [3.05, 3.63) is 34.3 Å². The molecule has 0 radical (unpaired) electrons. The van der Waals surface area contributed by atoms with Gasteiger partial charge in [-0.05, 0) is 44.5 Å². The summed E-state index contributed by atoms with van der Waals surface area (Å²) in [5.41, 5.74) is 0.236. The van der Waals surface area contributed by atoms with Gasteiger partial charge in [-0.2, -0.15) is 0 Å². The fourth-order valence-electron chi connectivity index (χ4n) is 2.41. The molecule has 0 fully saturated rings. The summed E-state index contributed by atoms with van der Waals surface area (Å²) in [5, 5.41) is 0.415. The molecular formula is C16H18ClNO4. The lowest BCUT2D eigenvalue weighted by molar-refractivity contribution is -0.156. The Morgan fingerprint density at radius 1 is 1.32 bits per heavy atom. The minimum atomic E-state index is -0.758. The van der Waals surface area contributed by atoms with E-state index in [-0.39, 0.29) is 6.42 Å². The third-order valence-corrected chi connectivity index (χ3v) is 3.58. The van der Waals surface area contributed by atoms with Gasteiger partial charge in [0, 0.05) is 17.6 Å². The topological polar surface area (TPSA) is 63.7 Å². The van der Waals surface area contributed by atoms with E-state index in [0.29, 0.717) is 16.1 Å². The first-order valence-corrected chi connectivity index (χ1v) is 7.31. The lowest BCUT2D eigenvalue weighted by atomic mass is 9.86. The normalized spacial score (nSPS) is 18.2. The molecule has 1 unspecified atom stereocenters. The number of fused-ring (bicyclic) bond motifs is 1. The monoisotopic (exact) mass is 323 g/mol. The first-order valence-electron chi connectivity index (χ1n) is 6.93. The summed E-state index contributed by atoms with van der Waals surface area (Å²) in [6.07, 6.45) is -0.124. The van der Waals surface area contributed by atoms with Crippen molar-refractivity contribution in [1.29, 1.82) is 0 Å². The van der Waals surface area contributed by atoms with Crippen LogP contribution in [0.25, 0.3) is 0 Å². The van der Waals surface area contributed by atoms with Gasteiger partial charge < -0.3 is 4.74 Å². The fourth-order valence-corrected chi connectivity index (χ4v) is 2.59. The summed E-state index contributed by atoms with van der Waals surface area (Å²) in [4.78, 5) is 37.6. The molecule has 0 aromatic heterocycles. The number of esters is 1. The summed E-state index contributed by atoms with van der Waals surface area (Å²) in [7, 11) is 1.41. The Labute approximate surface area is 134 Å². The van der Waals surface area contributed by atoms with Gasteiger partial charge in [-0.25, -0.2) is 0 Å². The summed E-state index contributed by atoms with van der Waals surface area (Å²) in [6, 6.07) is 4.73. The van der Waals surface area contributed by atoms with Crippen molar-refractivity contribution < 1.29 is 19.1 Å². The maximum atomic E-state index is 12.4. The molecule has 0 saturated carbocycles. The average molecular weight is 324 g/mol. The highest BCUT2D eigenvalue weighted by Gasteiger charge is 2.38. The van der Waals surface area contributed by atoms with Gasteiger partial charge >= 0.3 is 5.97 Å². The quantitative estimate of drug-likeness (QED) is 0.620. The predicted octanol–water partition coefficient (Wildman–Crippen LogP) is 2.77. The van der Waals surface area contributed by atoms with Crippen LogP contribution in [-0.2, 0) is 14.3 Å². The zero-order valence-corrected chi connectivity index (χ0v) is 13.7. The number of ether oxygens (including phenoxy) is 1. The molecule has 0 N–H and O–H groups in total. The molecule has 2 amide bonds. The number of benzene rings is 1. The van der Waals surface area contributed by atoms with E-state index in [1.54, 1.807) is 39.0 Å². The number of carbonyl (C=O) groups is 3. The number of carbonyl (C=O) groups excluding carboxylic acids is 3. The van der Waals surface area contributed by atoms with Gasteiger partial charge in [-0.15, -0.1) is 0 Å². The lowest BCUT2D eigenvalue weighted by Gasteiger charge is -2.30. The van der Waals surface area contributed by atoms with Gasteiger partial charge in [0.15, 0.2) is 0 Å². The minimum Gasteiger partial charge on any atom is -0.460 e. The highest BCUT2D eigenvalue weighted by Crippen LogP contribution is 2.33. The Morgan fingerprint density at radius 2 is 1.95 bits per heavy atom. The predicted molar refractivity (Wildman–Crippen MR) is 81.8 cm³/mol. The van der Waals surface area contributed by atoms with E-state index in [0.717, 1.165) is 4.90 Å². The van der Waals surface area contributed by atoms with E-state index in [1.807, 2.05) is 0 Å². The Kier molecular flexibility index (Phi) is 4.29. The average Bonchev–Trinajstić information content (AvgIpc) is 2.39. The van der Waals surface area contributed by atoms with Crippen LogP contribution < -0.4 is 0 Å². The third-order valence-electron chi connectivity index (χ3n) is 3.34. The molecule has 0 aliphatic carbocycles. The second kappa shape index (κ2) is 5.72. The van der Waals surface area contributed by atoms with Crippen molar-refractivity contribution in [3.63, 3.8) is 0 Å². The van der Waals surface area contributed by atoms with Crippen LogP contribution in [0, 0.1) is 0 Å². The fraction of sp³-hybridized carbons (Fsp3) is 0.438. The summed E-state index contributed by atoms with van der Waals surface area (Å²) in [6.45, 7) is 5.27. The van der Waals surface area contributed by atoms with E-state index < -0.39 is 29.3 Å². The number of nitrogens with zero attached hydrogens (tertiary/aromatic N) is 1. The maximum Gasteiger partial charge on any atom is 0.307 e. The minimum absolute atomic E-state index is 0.124. The highest BCUT2D eigenvalue weighted by atomic mass is 35.5. The zero-order chi connectivity index (χ0) is 16.7. The molecule has 1 aromatic rings. The van der Waals surface area contributed by atoms with Crippen LogP contribution in [0.2, 0.25) is 5.02 Å². The Morgan fingerprint density at radius 3 is 2.55 bits per heavy atom. The standard InChI is InChI=1S/C16H18ClNO4/c1-16(2,3)22-13(19)8-12-11-7-9(17)5-6-10(11)14(20)18(4)15(12)21/h5-7,12H,8H2,1-4H3. The number of hydrogen-bond donors (Lipinski definition) is 0. The van der Waals surface area contributed by atoms with E-state index in [4.69, 9.17) is 16.3 Å². The number of halogens is 1. The summed E-state index contributed by atoms with van der Waals surface area (Å²) >= 11 is 5.96. The molecule has 1 aliphatic rings. The molecule has 6 heteroatoms. The smallest absolute Gasteiger partial charge is 0.307 e. The van der Waals surface area contributed by atoms with Crippen LogP contribution in [0.1, 0.15) is 49.0 Å². The van der Waals surface area contributed by atoms with Crippen LogP contribution in [0.15, 0.2) is 18.2 Å². The largest absolute Gasteiger partial charge is 0.460 e. The van der Waals surface area contributed by atoms with Gasteiger partial charge in [-0.1, -0.05) is 11.6 Å². The van der Waals surface area contributed by atoms with Crippen molar-refractivity contribution >= 4 is 29.4 Å². The van der Waals surface area contributed by atoms with E-state index in [9.17, 15) is 14.4 Å². The SMILES string of the molecule is CN1C(=O)c2ccc(Cl)cc2C(CC(=O)OC(C)(C)C)C1=O. The summed E-state index contributed by atoms with van der Waals surface area (Å²) in [5.74, 6) is -2.06. The first-order chi connectivity index (χ1) is 10.1. The highest BCUT2D eigenvalue weighted by molar-refractivity contribution is 6.31. The molecule has 1 aromatic carbocycles. The van der Waals surface area contributed by atoms with Crippen molar-refractivity contribution in [2.24, 2.45) is 0 Å². The Bertz CT molecular complexity index is 648. The van der Waals surface area contributed by atoms with Crippen molar-refractivity contribution in [3.8, 4) is 0 Å². The maximum absolute atomic E-state index is 12.4. The second-order valence-electron chi connectivity index (χ2n) is 6.28. The number of imide groups is 1. The zero-order valence-electron chi connectivity index (χ0n) is 13.0. The molecule has 0 bridgehead atoms. The summed E-state index contributed by atoms with van der Waals surface area (Å²) < 4.78 is 5.27. The Balaban J connectivity index is 2.36. The molecule has 0 spiro atoms. The van der Waals surface area contributed by atoms with E-state index in [2.05, 4.69) is 0 Å². The first kappa shape index (κ1) is 16.5. The number of rotatable bonds is 2. The number of hydrogen-bond acceptors (Lipinski definition) is 4. The van der Waals surface area contributed by atoms with Crippen molar-refractivity contribution in [1.82, 2.24) is 4.90 Å². The second-order valence-corrected chi connectivity index (χ2v) is 6.71. The van der Waals surface area contributed by atoms with Crippen LogP contribution in [0.5, 0.6) is 0 Å². The number of amides is 2. The molecule has 1 heterocycles. The van der Waals surface area contributed by atoms with Gasteiger partial charge in [0.1, 0.15) is 5.60 Å². The molecule has 22 heavy (non-hydrogen) atoms. The van der Waals surface area contributed by atoms with Crippen LogP contribution in [0.4, 0.5) is 0 Å². The molecule has 1 aliphatic heterocycles. The Hall–Kier alpha value is -1.88. The van der Waals surface area contributed by atoms with E-state index in [1.165, 1.54) is 7.05 Å². The van der Waals surface area contributed by atoms with Crippen LogP contribution >= 0.6 is 11.6 Å². The number of likely N-dealkylation sites (N-methyl/N-ethyl adjacent to an activating group) is 1. The molecule has 118 valence electrons. The molecular weight excluding hydrogens is 306 g/mol. The molecule has 1 atom stereocenters. The van der Waals surface area contributed by atoms with Crippen molar-refractivity contribution in [2.75, 3.05) is 7.05 Å². The van der Waals surface area contributed by atoms with Gasteiger partial charge in [0.2, 0.25) is 5.91 Å². The van der Waals surface area contributed by atoms with Crippen LogP contribution in [0.3, 0.4) is 0 Å². The van der Waals surface area contributed by atoms with Crippen molar-refractivity contribution in [2.45, 2.75) is 38.7 Å². The molecule has 5 nitrogen and oxygen atoms in total. The molecule has 2 rings (SSSR count). The van der Waals surface area contributed by atoms with Gasteiger partial charge in [0.05, 0.1) is 12.3 Å².